The summed E-state index contributed by atoms with van der Waals surface area (Å²) in [6.45, 7) is 10.6. The third kappa shape index (κ3) is 7.21. The van der Waals surface area contributed by atoms with Gasteiger partial charge in [-0.15, -0.1) is 0 Å². The van der Waals surface area contributed by atoms with Crippen molar-refractivity contribution in [2.24, 2.45) is 0 Å². The number of nitrogens with zero attached hydrogens (tertiary/aromatic N) is 1. The van der Waals surface area contributed by atoms with Gasteiger partial charge in [-0.1, -0.05) is 45.0 Å². The molecule has 3 aromatic carbocycles. The van der Waals surface area contributed by atoms with Crippen LogP contribution in [0.3, 0.4) is 0 Å². The maximum atomic E-state index is 13.5. The van der Waals surface area contributed by atoms with Crippen LogP contribution in [-0.2, 0) is 20.0 Å². The standard InChI is InChI=1S/C33H40N4O5S/c1-33(2,3)24-8-11-27(12-9-24)43(39,40)22-35-25-10-13-29-28(21-25)30(23-6-5-7-26(20-23)41-4)31(36-29)32(38)34-14-15-37-16-18-42-19-17-37/h5-13,20-21,35-36H,14-19,22H2,1-4H3,(H,34,38). The lowest BCUT2D eigenvalue weighted by Crippen LogP contribution is -2.41. The van der Waals surface area contributed by atoms with Crippen LogP contribution in [0.5, 0.6) is 5.75 Å². The minimum Gasteiger partial charge on any atom is -0.497 e. The zero-order chi connectivity index (χ0) is 30.6. The zero-order valence-electron chi connectivity index (χ0n) is 25.2. The number of rotatable bonds is 10. The molecule has 5 rings (SSSR count). The van der Waals surface area contributed by atoms with E-state index in [9.17, 15) is 13.2 Å². The summed E-state index contributed by atoms with van der Waals surface area (Å²) in [4.78, 5) is 19.3. The lowest BCUT2D eigenvalue weighted by Gasteiger charge is -2.26. The number of anilines is 1. The van der Waals surface area contributed by atoms with E-state index in [2.05, 4.69) is 41.3 Å². The Kier molecular flexibility index (Phi) is 9.10. The van der Waals surface area contributed by atoms with E-state index in [1.807, 2.05) is 54.6 Å². The normalized spacial score (nSPS) is 14.5. The summed E-state index contributed by atoms with van der Waals surface area (Å²) in [6.07, 6.45) is 0. The molecule has 0 spiro atoms. The molecule has 9 nitrogen and oxygen atoms in total. The lowest BCUT2D eigenvalue weighted by molar-refractivity contribution is 0.0383. The topological polar surface area (TPSA) is 113 Å². The first-order chi connectivity index (χ1) is 20.5. The summed E-state index contributed by atoms with van der Waals surface area (Å²) in [6, 6.07) is 20.2. The molecule has 0 unspecified atom stereocenters. The van der Waals surface area contributed by atoms with E-state index >= 15 is 0 Å². The van der Waals surface area contributed by atoms with E-state index < -0.39 is 9.84 Å². The van der Waals surface area contributed by atoms with Gasteiger partial charge < -0.3 is 25.1 Å². The highest BCUT2D eigenvalue weighted by Gasteiger charge is 2.22. The molecular weight excluding hydrogens is 564 g/mol. The first kappa shape index (κ1) is 30.6. The fourth-order valence-electron chi connectivity index (χ4n) is 5.22. The van der Waals surface area contributed by atoms with Gasteiger partial charge in [0.15, 0.2) is 9.84 Å². The largest absolute Gasteiger partial charge is 0.497 e. The molecule has 228 valence electrons. The highest BCUT2D eigenvalue weighted by molar-refractivity contribution is 7.91. The molecule has 1 fully saturated rings. The summed E-state index contributed by atoms with van der Waals surface area (Å²) in [5, 5.41) is 6.94. The van der Waals surface area contributed by atoms with Crippen molar-refractivity contribution >= 4 is 32.3 Å². The molecule has 0 radical (unpaired) electrons. The van der Waals surface area contributed by atoms with Crippen molar-refractivity contribution in [3.05, 3.63) is 78.0 Å². The Hall–Kier alpha value is -3.86. The van der Waals surface area contributed by atoms with E-state index in [0.29, 0.717) is 36.9 Å². The van der Waals surface area contributed by atoms with Crippen LogP contribution in [0.1, 0.15) is 36.8 Å². The number of ether oxygens (including phenoxy) is 2. The van der Waals surface area contributed by atoms with Gasteiger partial charge in [-0.2, -0.15) is 0 Å². The highest BCUT2D eigenvalue weighted by Crippen LogP contribution is 2.36. The second kappa shape index (κ2) is 12.8. The first-order valence-electron chi connectivity index (χ1n) is 14.5. The van der Waals surface area contributed by atoms with Crippen molar-refractivity contribution in [1.29, 1.82) is 0 Å². The Morgan fingerprint density at radius 1 is 1.02 bits per heavy atom. The van der Waals surface area contributed by atoms with Gasteiger partial charge in [0.25, 0.3) is 5.91 Å². The van der Waals surface area contributed by atoms with Gasteiger partial charge in [0, 0.05) is 48.3 Å². The van der Waals surface area contributed by atoms with Crippen molar-refractivity contribution in [3.8, 4) is 16.9 Å². The number of amides is 1. The molecule has 4 aromatic rings. The van der Waals surface area contributed by atoms with Gasteiger partial charge in [-0.05, 0) is 59.0 Å². The number of nitrogens with one attached hydrogen (secondary N) is 3. The third-order valence-corrected chi connectivity index (χ3v) is 9.26. The molecule has 10 heteroatoms. The second-order valence-electron chi connectivity index (χ2n) is 11.8. The predicted octanol–water partition coefficient (Wildman–Crippen LogP) is 5.05. The second-order valence-corrected chi connectivity index (χ2v) is 13.8. The van der Waals surface area contributed by atoms with Crippen LogP contribution in [-0.4, -0.2) is 76.6 Å². The fraction of sp³-hybridized carbons (Fsp3) is 0.364. The first-order valence-corrected chi connectivity index (χ1v) is 16.2. The Balaban J connectivity index is 1.40. The molecule has 0 saturated carbocycles. The van der Waals surface area contributed by atoms with Crippen molar-refractivity contribution in [2.75, 3.05) is 57.7 Å². The Morgan fingerprint density at radius 3 is 2.47 bits per heavy atom. The number of carbonyl (C=O) groups excluding carboxylic acids is 1. The van der Waals surface area contributed by atoms with E-state index in [1.165, 1.54) is 0 Å². The molecule has 2 heterocycles. The summed E-state index contributed by atoms with van der Waals surface area (Å²) < 4.78 is 37.2. The van der Waals surface area contributed by atoms with Crippen LogP contribution >= 0.6 is 0 Å². The van der Waals surface area contributed by atoms with E-state index in [1.54, 1.807) is 19.2 Å². The average molecular weight is 605 g/mol. The zero-order valence-corrected chi connectivity index (χ0v) is 26.0. The van der Waals surface area contributed by atoms with Crippen LogP contribution in [0.15, 0.2) is 71.6 Å². The molecule has 1 aromatic heterocycles. The van der Waals surface area contributed by atoms with Gasteiger partial charge in [-0.3, -0.25) is 9.69 Å². The monoisotopic (exact) mass is 604 g/mol. The lowest BCUT2D eigenvalue weighted by atomic mass is 9.87. The maximum Gasteiger partial charge on any atom is 0.268 e. The van der Waals surface area contributed by atoms with Gasteiger partial charge in [0.05, 0.1) is 25.2 Å². The number of sulfone groups is 1. The number of aromatic nitrogens is 1. The smallest absolute Gasteiger partial charge is 0.268 e. The van der Waals surface area contributed by atoms with Crippen molar-refractivity contribution in [3.63, 3.8) is 0 Å². The number of methoxy groups -OCH3 is 1. The van der Waals surface area contributed by atoms with Crippen molar-refractivity contribution < 1.29 is 22.7 Å². The van der Waals surface area contributed by atoms with Crippen molar-refractivity contribution in [1.82, 2.24) is 15.2 Å². The molecule has 3 N–H and O–H groups in total. The van der Waals surface area contributed by atoms with Gasteiger partial charge in [0.2, 0.25) is 0 Å². The predicted molar refractivity (Wildman–Crippen MR) is 171 cm³/mol. The van der Waals surface area contributed by atoms with E-state index in [4.69, 9.17) is 9.47 Å². The van der Waals surface area contributed by atoms with Crippen LogP contribution < -0.4 is 15.4 Å². The third-order valence-electron chi connectivity index (χ3n) is 7.75. The summed E-state index contributed by atoms with van der Waals surface area (Å²) >= 11 is 0. The van der Waals surface area contributed by atoms with Gasteiger partial charge >= 0.3 is 0 Å². The minimum atomic E-state index is -3.58. The number of hydrogen-bond donors (Lipinski definition) is 3. The summed E-state index contributed by atoms with van der Waals surface area (Å²) in [7, 11) is -1.98. The van der Waals surface area contributed by atoms with Gasteiger partial charge in [-0.25, -0.2) is 8.42 Å². The number of benzene rings is 3. The van der Waals surface area contributed by atoms with Gasteiger partial charge in [0.1, 0.15) is 17.3 Å². The number of aromatic amines is 1. The number of carbonyl (C=O) groups is 1. The fourth-order valence-corrected chi connectivity index (χ4v) is 6.29. The van der Waals surface area contributed by atoms with Crippen LogP contribution in [0, 0.1) is 0 Å². The number of H-pyrrole nitrogens is 1. The molecule has 0 atom stereocenters. The molecule has 1 aliphatic heterocycles. The molecule has 1 saturated heterocycles. The van der Waals surface area contributed by atoms with Crippen LogP contribution in [0.25, 0.3) is 22.0 Å². The Labute approximate surface area is 253 Å². The number of hydrogen-bond acceptors (Lipinski definition) is 7. The molecule has 1 amide bonds. The van der Waals surface area contributed by atoms with Crippen molar-refractivity contribution in [2.45, 2.75) is 31.1 Å². The number of fused-ring (bicyclic) bond motifs is 1. The SMILES string of the molecule is COc1cccc(-c2c(C(=O)NCCN3CCOCC3)[nH]c3ccc(NCS(=O)(=O)c4ccc(C(C)(C)C)cc4)cc23)c1. The molecular formula is C33H40N4O5S. The van der Waals surface area contributed by atoms with E-state index in [0.717, 1.165) is 47.2 Å². The maximum absolute atomic E-state index is 13.5. The molecule has 0 aliphatic carbocycles. The number of morpholine rings is 1. The van der Waals surface area contributed by atoms with E-state index in [-0.39, 0.29) is 22.1 Å². The van der Waals surface area contributed by atoms with Crippen LogP contribution in [0.2, 0.25) is 0 Å². The molecule has 43 heavy (non-hydrogen) atoms. The van der Waals surface area contributed by atoms with Crippen LogP contribution in [0.4, 0.5) is 5.69 Å². The minimum absolute atomic E-state index is 0.0640. The quantitative estimate of drug-likeness (QED) is 0.232. The molecule has 1 aliphatic rings. The summed E-state index contributed by atoms with van der Waals surface area (Å²) in [5.41, 5.74) is 4.38. The Morgan fingerprint density at radius 2 is 1.77 bits per heavy atom. The summed E-state index contributed by atoms with van der Waals surface area (Å²) in [5.74, 6) is 0.197. The average Bonchev–Trinajstić information content (AvgIpc) is 3.39. The highest BCUT2D eigenvalue weighted by atomic mass is 32.2. The molecule has 0 bridgehead atoms. The Bertz CT molecular complexity index is 1680.